The Hall–Kier alpha value is -1.76. The first-order valence-corrected chi connectivity index (χ1v) is 20.2. The predicted molar refractivity (Wildman–Crippen MR) is 197 cm³/mol. The molecule has 2 aliphatic rings. The smallest absolute Gasteiger partial charge is 0.306 e. The standard InChI is InChI=1S/C39H70O15/c1-3-4-5-6-7-8-9-10-11-12-13-14-15-16-17-18-19-20-21-22-31(42)52-28(24-49-27(2)41)25-50-38-37(48)35(46)33(44)30(54-38)26-51-39-36(47)34(45)32(43)29(23-40)53-39/h10-11,28-30,32-40,43-48H,3-9,12-26H2,1-2H3/b11-10-. The fraction of sp³-hybridized carbons (Fsp3) is 0.897. The Balaban J connectivity index is 1.65. The molecule has 2 aliphatic heterocycles. The summed E-state index contributed by atoms with van der Waals surface area (Å²) in [6, 6.07) is 0. The molecule has 0 aromatic carbocycles. The Bertz CT molecular complexity index is 1010. The minimum Gasteiger partial charge on any atom is -0.462 e. The summed E-state index contributed by atoms with van der Waals surface area (Å²) >= 11 is 0. The highest BCUT2D eigenvalue weighted by Crippen LogP contribution is 2.26. The summed E-state index contributed by atoms with van der Waals surface area (Å²) in [5, 5.41) is 71.0. The quantitative estimate of drug-likeness (QED) is 0.0329. The van der Waals surface area contributed by atoms with Crippen molar-refractivity contribution in [2.45, 2.75) is 197 Å². The average Bonchev–Trinajstić information content (AvgIpc) is 3.15. The zero-order valence-corrected chi connectivity index (χ0v) is 32.5. The Morgan fingerprint density at radius 2 is 1.09 bits per heavy atom. The maximum atomic E-state index is 12.6. The molecule has 54 heavy (non-hydrogen) atoms. The molecular formula is C39H70O15. The first-order valence-electron chi connectivity index (χ1n) is 20.2. The fourth-order valence-electron chi connectivity index (χ4n) is 6.41. The van der Waals surface area contributed by atoms with Crippen molar-refractivity contribution >= 4 is 11.9 Å². The summed E-state index contributed by atoms with van der Waals surface area (Å²) in [5.74, 6) is -1.12. The van der Waals surface area contributed by atoms with Gasteiger partial charge in [-0.3, -0.25) is 9.59 Å². The normalized spacial score (nSPS) is 29.4. The van der Waals surface area contributed by atoms with Gasteiger partial charge in [0.15, 0.2) is 18.7 Å². The number of aliphatic hydroxyl groups excluding tert-OH is 7. The first kappa shape index (κ1) is 48.4. The number of aliphatic hydroxyl groups is 7. The van der Waals surface area contributed by atoms with E-state index in [0.29, 0.717) is 6.42 Å². The van der Waals surface area contributed by atoms with Crippen molar-refractivity contribution in [3.63, 3.8) is 0 Å². The van der Waals surface area contributed by atoms with Crippen molar-refractivity contribution in [2.24, 2.45) is 0 Å². The van der Waals surface area contributed by atoms with Crippen LogP contribution >= 0.6 is 0 Å². The predicted octanol–water partition coefficient (Wildman–Crippen LogP) is 2.70. The van der Waals surface area contributed by atoms with E-state index in [-0.39, 0.29) is 19.6 Å². The van der Waals surface area contributed by atoms with Crippen molar-refractivity contribution in [3.8, 4) is 0 Å². The van der Waals surface area contributed by atoms with Crippen LogP contribution in [-0.4, -0.2) is 142 Å². The van der Waals surface area contributed by atoms with Gasteiger partial charge >= 0.3 is 11.9 Å². The van der Waals surface area contributed by atoms with Gasteiger partial charge in [0.2, 0.25) is 0 Å². The van der Waals surface area contributed by atoms with Crippen LogP contribution in [0.3, 0.4) is 0 Å². The molecule has 316 valence electrons. The number of carbonyl (C=O) groups excluding carboxylic acids is 2. The summed E-state index contributed by atoms with van der Waals surface area (Å²) in [6.07, 6.45) is 8.12. The highest BCUT2D eigenvalue weighted by atomic mass is 16.7. The van der Waals surface area contributed by atoms with Gasteiger partial charge in [0, 0.05) is 13.3 Å². The van der Waals surface area contributed by atoms with Gasteiger partial charge in [-0.2, -0.15) is 0 Å². The Morgan fingerprint density at radius 1 is 0.611 bits per heavy atom. The third-order valence-electron chi connectivity index (χ3n) is 9.80. The van der Waals surface area contributed by atoms with E-state index in [1.54, 1.807) is 0 Å². The number of hydrogen-bond donors (Lipinski definition) is 7. The van der Waals surface area contributed by atoms with Crippen LogP contribution < -0.4 is 0 Å². The molecule has 15 nitrogen and oxygen atoms in total. The molecule has 0 spiro atoms. The van der Waals surface area contributed by atoms with Crippen LogP contribution in [0.5, 0.6) is 0 Å². The molecule has 11 atom stereocenters. The van der Waals surface area contributed by atoms with Crippen LogP contribution in [0.2, 0.25) is 0 Å². The average molecular weight is 779 g/mol. The van der Waals surface area contributed by atoms with Gasteiger partial charge in [-0.15, -0.1) is 0 Å². The molecule has 0 saturated carbocycles. The Kier molecular flexibility index (Phi) is 25.6. The highest BCUT2D eigenvalue weighted by Gasteiger charge is 2.47. The largest absolute Gasteiger partial charge is 0.462 e. The van der Waals surface area contributed by atoms with Crippen LogP contribution in [0, 0.1) is 0 Å². The number of esters is 2. The third kappa shape index (κ3) is 18.9. The van der Waals surface area contributed by atoms with E-state index < -0.39 is 92.7 Å². The number of unbranched alkanes of at least 4 members (excludes halogenated alkanes) is 15. The first-order chi connectivity index (χ1) is 26.0. The zero-order valence-electron chi connectivity index (χ0n) is 32.5. The van der Waals surface area contributed by atoms with Crippen LogP contribution in [0.25, 0.3) is 0 Å². The molecule has 2 saturated heterocycles. The lowest BCUT2D eigenvalue weighted by Gasteiger charge is -2.42. The van der Waals surface area contributed by atoms with Crippen LogP contribution in [0.15, 0.2) is 12.2 Å². The molecule has 11 unspecified atom stereocenters. The second kappa shape index (κ2) is 28.6. The monoisotopic (exact) mass is 778 g/mol. The fourth-order valence-corrected chi connectivity index (χ4v) is 6.41. The lowest BCUT2D eigenvalue weighted by atomic mass is 9.98. The number of carbonyl (C=O) groups is 2. The molecule has 2 rings (SSSR count). The summed E-state index contributed by atoms with van der Waals surface area (Å²) < 4.78 is 32.4. The van der Waals surface area contributed by atoms with Crippen LogP contribution in [0.4, 0.5) is 0 Å². The third-order valence-corrected chi connectivity index (χ3v) is 9.80. The highest BCUT2D eigenvalue weighted by molar-refractivity contribution is 5.69. The van der Waals surface area contributed by atoms with E-state index >= 15 is 0 Å². The number of hydrogen-bond acceptors (Lipinski definition) is 15. The molecule has 15 heteroatoms. The molecule has 0 amide bonds. The molecule has 2 fully saturated rings. The second-order valence-electron chi connectivity index (χ2n) is 14.5. The van der Waals surface area contributed by atoms with E-state index in [4.69, 9.17) is 28.4 Å². The zero-order chi connectivity index (χ0) is 39.7. The van der Waals surface area contributed by atoms with Gasteiger partial charge in [-0.05, 0) is 32.1 Å². The van der Waals surface area contributed by atoms with Crippen molar-refractivity contribution in [1.82, 2.24) is 0 Å². The maximum Gasteiger partial charge on any atom is 0.306 e. The van der Waals surface area contributed by atoms with E-state index in [1.165, 1.54) is 84.0 Å². The van der Waals surface area contributed by atoms with Crippen molar-refractivity contribution in [1.29, 1.82) is 0 Å². The number of rotatable bonds is 29. The minimum atomic E-state index is -1.76. The minimum absolute atomic E-state index is 0.160. The SMILES string of the molecule is CCCCCCCC/C=C\CCCCCCCCCCCC(=O)OC(COC(C)=O)COC1OC(COC2OC(CO)C(O)C(O)C2O)C(O)C(O)C1O. The van der Waals surface area contributed by atoms with E-state index in [1.807, 2.05) is 0 Å². The molecule has 0 aromatic rings. The number of ether oxygens (including phenoxy) is 6. The summed E-state index contributed by atoms with van der Waals surface area (Å²) in [5.41, 5.74) is 0. The van der Waals surface area contributed by atoms with Crippen molar-refractivity contribution in [3.05, 3.63) is 12.2 Å². The van der Waals surface area contributed by atoms with E-state index in [0.717, 1.165) is 25.7 Å². The van der Waals surface area contributed by atoms with E-state index in [2.05, 4.69) is 19.1 Å². The van der Waals surface area contributed by atoms with Gasteiger partial charge in [0.25, 0.3) is 0 Å². The second-order valence-corrected chi connectivity index (χ2v) is 14.5. The lowest BCUT2D eigenvalue weighted by molar-refractivity contribution is -0.332. The molecule has 0 aromatic heterocycles. The number of allylic oxidation sites excluding steroid dienone is 2. The molecule has 7 N–H and O–H groups in total. The van der Waals surface area contributed by atoms with E-state index in [9.17, 15) is 45.3 Å². The van der Waals surface area contributed by atoms with Gasteiger partial charge in [-0.1, -0.05) is 96.1 Å². The van der Waals surface area contributed by atoms with Gasteiger partial charge < -0.3 is 64.2 Å². The molecule has 0 radical (unpaired) electrons. The molecule has 0 aliphatic carbocycles. The molecule has 2 heterocycles. The Morgan fingerprint density at radius 3 is 1.63 bits per heavy atom. The van der Waals surface area contributed by atoms with Gasteiger partial charge in [0.1, 0.15) is 55.4 Å². The van der Waals surface area contributed by atoms with Crippen molar-refractivity contribution < 1.29 is 73.8 Å². The summed E-state index contributed by atoms with van der Waals surface area (Å²) in [7, 11) is 0. The Labute approximate surface area is 320 Å². The lowest BCUT2D eigenvalue weighted by Crippen LogP contribution is -2.61. The molecular weight excluding hydrogens is 708 g/mol. The summed E-state index contributed by atoms with van der Waals surface area (Å²) in [4.78, 5) is 24.1. The summed E-state index contributed by atoms with van der Waals surface area (Å²) in [6.45, 7) is 1.52. The topological polar surface area (TPSA) is 231 Å². The van der Waals surface area contributed by atoms with Crippen molar-refractivity contribution in [2.75, 3.05) is 26.4 Å². The van der Waals surface area contributed by atoms with Crippen LogP contribution in [0.1, 0.15) is 129 Å². The molecule has 0 bridgehead atoms. The van der Waals surface area contributed by atoms with Gasteiger partial charge in [0.05, 0.1) is 19.8 Å². The van der Waals surface area contributed by atoms with Crippen LogP contribution in [-0.2, 0) is 38.0 Å². The van der Waals surface area contributed by atoms with Gasteiger partial charge in [-0.25, -0.2) is 0 Å². The maximum absolute atomic E-state index is 12.6.